The van der Waals surface area contributed by atoms with E-state index < -0.39 is 4.92 Å². The highest BCUT2D eigenvalue weighted by atomic mass is 32.1. The van der Waals surface area contributed by atoms with Gasteiger partial charge in [0.15, 0.2) is 5.13 Å². The Morgan fingerprint density at radius 1 is 1.03 bits per heavy atom. The number of thiophene rings is 1. The maximum absolute atomic E-state index is 13.7. The molecule has 8 heteroatoms. The van der Waals surface area contributed by atoms with Gasteiger partial charge in [0, 0.05) is 22.2 Å². The van der Waals surface area contributed by atoms with Crippen molar-refractivity contribution in [3.8, 4) is 0 Å². The Labute approximate surface area is 197 Å². The van der Waals surface area contributed by atoms with Crippen LogP contribution in [0.2, 0.25) is 0 Å². The van der Waals surface area contributed by atoms with Crippen molar-refractivity contribution in [2.75, 3.05) is 4.90 Å². The third kappa shape index (κ3) is 4.10. The summed E-state index contributed by atoms with van der Waals surface area (Å²) in [4.78, 5) is 31.5. The van der Waals surface area contributed by atoms with Gasteiger partial charge in [0.25, 0.3) is 11.6 Å². The van der Waals surface area contributed by atoms with Crippen molar-refractivity contribution < 1.29 is 9.72 Å². The number of hydrogen-bond donors (Lipinski definition) is 0. The lowest BCUT2D eigenvalue weighted by molar-refractivity contribution is -0.384. The average Bonchev–Trinajstić information content (AvgIpc) is 3.41. The third-order valence-electron chi connectivity index (χ3n) is 5.39. The van der Waals surface area contributed by atoms with E-state index in [-0.39, 0.29) is 11.6 Å². The summed E-state index contributed by atoms with van der Waals surface area (Å²) in [5.41, 5.74) is 4.15. The molecular formula is C25H19N3O3S2. The van der Waals surface area contributed by atoms with Gasteiger partial charge in [-0.3, -0.25) is 19.8 Å². The number of aromatic nitrogens is 1. The number of nitro benzene ring substituents is 1. The second-order valence-electron chi connectivity index (χ2n) is 7.89. The molecule has 0 radical (unpaired) electrons. The van der Waals surface area contributed by atoms with Gasteiger partial charge in [-0.05, 0) is 48.7 Å². The standard InChI is InChI=1S/C25H19N3O3S2/c1-15-10-16(2)23-20(11-15)26-25(33-23)27(14-17-6-4-3-5-7-17)24(29)22-13-18-12-19(28(30)31)8-9-21(18)32-22/h3-13H,14H2,1-2H3. The minimum Gasteiger partial charge on any atom is -0.279 e. The second-order valence-corrected chi connectivity index (χ2v) is 9.95. The first-order valence-corrected chi connectivity index (χ1v) is 11.9. The molecule has 0 aliphatic rings. The van der Waals surface area contributed by atoms with Crippen LogP contribution in [0, 0.1) is 24.0 Å². The van der Waals surface area contributed by atoms with E-state index in [1.165, 1.54) is 34.8 Å². The molecule has 0 saturated heterocycles. The number of non-ortho nitro benzene ring substituents is 1. The summed E-state index contributed by atoms with van der Waals surface area (Å²) in [6.07, 6.45) is 0. The van der Waals surface area contributed by atoms with Gasteiger partial charge in [0.2, 0.25) is 0 Å². The Balaban J connectivity index is 1.59. The van der Waals surface area contributed by atoms with Crippen LogP contribution in [0.25, 0.3) is 20.3 Å². The molecule has 0 atom stereocenters. The number of anilines is 1. The van der Waals surface area contributed by atoms with Crippen molar-refractivity contribution in [3.63, 3.8) is 0 Å². The summed E-state index contributed by atoms with van der Waals surface area (Å²) in [5, 5.41) is 12.5. The number of nitro groups is 1. The minimum atomic E-state index is -0.425. The van der Waals surface area contributed by atoms with Crippen LogP contribution < -0.4 is 4.90 Å². The lowest BCUT2D eigenvalue weighted by Gasteiger charge is -2.19. The fourth-order valence-corrected chi connectivity index (χ4v) is 5.86. The summed E-state index contributed by atoms with van der Waals surface area (Å²) in [6.45, 7) is 4.47. The van der Waals surface area contributed by atoms with Crippen LogP contribution in [0.5, 0.6) is 0 Å². The number of carbonyl (C=O) groups is 1. The molecule has 0 N–H and O–H groups in total. The van der Waals surface area contributed by atoms with Crippen LogP contribution in [0.4, 0.5) is 10.8 Å². The van der Waals surface area contributed by atoms with Crippen LogP contribution >= 0.6 is 22.7 Å². The zero-order chi connectivity index (χ0) is 23.1. The van der Waals surface area contributed by atoms with Crippen LogP contribution in [-0.4, -0.2) is 15.8 Å². The van der Waals surface area contributed by atoms with E-state index in [9.17, 15) is 14.9 Å². The lowest BCUT2D eigenvalue weighted by atomic mass is 10.1. The maximum atomic E-state index is 13.7. The highest BCUT2D eigenvalue weighted by Crippen LogP contribution is 2.35. The average molecular weight is 474 g/mol. The molecule has 0 spiro atoms. The predicted molar refractivity (Wildman–Crippen MR) is 135 cm³/mol. The van der Waals surface area contributed by atoms with E-state index in [1.807, 2.05) is 43.3 Å². The molecule has 1 amide bonds. The molecule has 5 rings (SSSR count). The number of fused-ring (bicyclic) bond motifs is 2. The van der Waals surface area contributed by atoms with E-state index in [1.54, 1.807) is 17.0 Å². The largest absolute Gasteiger partial charge is 0.279 e. The van der Waals surface area contributed by atoms with Crippen molar-refractivity contribution in [3.05, 3.63) is 98.4 Å². The van der Waals surface area contributed by atoms with Crippen molar-refractivity contribution in [1.29, 1.82) is 0 Å². The summed E-state index contributed by atoms with van der Waals surface area (Å²) in [5.74, 6) is -0.170. The molecule has 0 unspecified atom stereocenters. The van der Waals surface area contributed by atoms with Crippen molar-refractivity contribution in [2.45, 2.75) is 20.4 Å². The van der Waals surface area contributed by atoms with Crippen LogP contribution in [0.1, 0.15) is 26.4 Å². The lowest BCUT2D eigenvalue weighted by Crippen LogP contribution is -2.29. The zero-order valence-electron chi connectivity index (χ0n) is 17.9. The van der Waals surface area contributed by atoms with Gasteiger partial charge in [-0.25, -0.2) is 4.98 Å². The molecule has 0 aliphatic heterocycles. The highest BCUT2D eigenvalue weighted by molar-refractivity contribution is 7.23. The molecule has 3 aromatic carbocycles. The highest BCUT2D eigenvalue weighted by Gasteiger charge is 2.24. The van der Waals surface area contributed by atoms with E-state index in [4.69, 9.17) is 4.98 Å². The smallest absolute Gasteiger partial charge is 0.270 e. The number of benzene rings is 3. The maximum Gasteiger partial charge on any atom is 0.270 e. The van der Waals surface area contributed by atoms with Gasteiger partial charge >= 0.3 is 0 Å². The predicted octanol–water partition coefficient (Wildman–Crippen LogP) is 6.88. The number of carbonyl (C=O) groups excluding carboxylic acids is 1. The van der Waals surface area contributed by atoms with Crippen molar-refractivity contribution in [2.24, 2.45) is 0 Å². The molecular weight excluding hydrogens is 454 g/mol. The SMILES string of the molecule is Cc1cc(C)c2sc(N(Cc3ccccc3)C(=O)c3cc4cc([N+](=O)[O-])ccc4s3)nc2c1. The first-order valence-electron chi connectivity index (χ1n) is 10.3. The molecule has 0 aliphatic carbocycles. The molecule has 2 aromatic heterocycles. The second kappa shape index (κ2) is 8.38. The van der Waals surface area contributed by atoms with E-state index in [2.05, 4.69) is 13.0 Å². The summed E-state index contributed by atoms with van der Waals surface area (Å²) in [7, 11) is 0. The Morgan fingerprint density at radius 3 is 2.58 bits per heavy atom. The first-order chi connectivity index (χ1) is 15.9. The monoisotopic (exact) mass is 473 g/mol. The molecule has 5 aromatic rings. The van der Waals surface area contributed by atoms with Gasteiger partial charge in [-0.2, -0.15) is 0 Å². The normalized spacial score (nSPS) is 11.2. The number of rotatable bonds is 5. The zero-order valence-corrected chi connectivity index (χ0v) is 19.6. The Bertz CT molecular complexity index is 1520. The minimum absolute atomic E-state index is 0.0115. The number of amides is 1. The molecule has 0 fully saturated rings. The molecule has 2 heterocycles. The molecule has 0 bridgehead atoms. The molecule has 33 heavy (non-hydrogen) atoms. The third-order valence-corrected chi connectivity index (χ3v) is 7.72. The number of nitrogens with zero attached hydrogens (tertiary/aromatic N) is 3. The first kappa shape index (κ1) is 21.2. The number of aryl methyl sites for hydroxylation is 2. The number of hydrogen-bond acceptors (Lipinski definition) is 6. The summed E-state index contributed by atoms with van der Waals surface area (Å²) >= 11 is 2.84. The Kier molecular flexibility index (Phi) is 5.39. The van der Waals surface area contributed by atoms with Crippen LogP contribution in [0.3, 0.4) is 0 Å². The van der Waals surface area contributed by atoms with Gasteiger partial charge < -0.3 is 0 Å². The van der Waals surface area contributed by atoms with Gasteiger partial charge in [-0.1, -0.05) is 47.7 Å². The topological polar surface area (TPSA) is 76.3 Å². The number of thiazole rings is 1. The van der Waals surface area contributed by atoms with Crippen molar-refractivity contribution in [1.82, 2.24) is 4.98 Å². The quantitative estimate of drug-likeness (QED) is 0.206. The van der Waals surface area contributed by atoms with E-state index >= 15 is 0 Å². The van der Waals surface area contributed by atoms with Gasteiger partial charge in [0.1, 0.15) is 0 Å². The van der Waals surface area contributed by atoms with Crippen LogP contribution in [-0.2, 0) is 6.54 Å². The van der Waals surface area contributed by atoms with Crippen LogP contribution in [0.15, 0.2) is 66.7 Å². The summed E-state index contributed by atoms with van der Waals surface area (Å²) < 4.78 is 1.90. The fourth-order valence-electron chi connectivity index (χ4n) is 3.86. The Hall–Kier alpha value is -3.62. The van der Waals surface area contributed by atoms with Crippen molar-refractivity contribution >= 4 is 59.7 Å². The molecule has 0 saturated carbocycles. The summed E-state index contributed by atoms with van der Waals surface area (Å²) in [6, 6.07) is 20.4. The van der Waals surface area contributed by atoms with E-state index in [0.717, 1.165) is 31.6 Å². The van der Waals surface area contributed by atoms with Gasteiger partial charge in [0.05, 0.1) is 26.6 Å². The Morgan fingerprint density at radius 2 is 1.82 bits per heavy atom. The molecule has 6 nitrogen and oxygen atoms in total. The van der Waals surface area contributed by atoms with Gasteiger partial charge in [-0.15, -0.1) is 11.3 Å². The fraction of sp³-hybridized carbons (Fsp3) is 0.120. The van der Waals surface area contributed by atoms with E-state index in [0.29, 0.717) is 21.9 Å². The molecule has 164 valence electrons.